The highest BCUT2D eigenvalue weighted by Crippen LogP contribution is 2.14. The number of anilines is 1. The summed E-state index contributed by atoms with van der Waals surface area (Å²) in [4.78, 5) is 21.3. The molecule has 2 heterocycles. The van der Waals surface area contributed by atoms with Crippen LogP contribution in [-0.2, 0) is 6.54 Å². The molecule has 3 rings (SSSR count). The number of hydrogen-bond acceptors (Lipinski definition) is 4. The summed E-state index contributed by atoms with van der Waals surface area (Å²) in [6, 6.07) is 6.17. The summed E-state index contributed by atoms with van der Waals surface area (Å²) < 4.78 is 15.2. The molecule has 23 heavy (non-hydrogen) atoms. The third-order valence-electron chi connectivity index (χ3n) is 4.00. The van der Waals surface area contributed by atoms with E-state index in [9.17, 15) is 9.18 Å². The first-order valence-electron chi connectivity index (χ1n) is 7.48. The summed E-state index contributed by atoms with van der Waals surface area (Å²) in [5.41, 5.74) is 0.748. The Morgan fingerprint density at radius 3 is 2.48 bits per heavy atom. The summed E-state index contributed by atoms with van der Waals surface area (Å²) in [7, 11) is 2.07. The third-order valence-corrected chi connectivity index (χ3v) is 4.38. The molecule has 1 aliphatic heterocycles. The van der Waals surface area contributed by atoms with Crippen molar-refractivity contribution in [2.75, 3.05) is 38.1 Å². The average molecular weight is 381 g/mol. The van der Waals surface area contributed by atoms with Crippen molar-refractivity contribution < 1.29 is 4.39 Å². The average Bonchev–Trinajstić information content (AvgIpc) is 2.53. The molecule has 7 heteroatoms. The maximum atomic E-state index is 13.0. The number of rotatable bonds is 3. The lowest BCUT2D eigenvalue weighted by molar-refractivity contribution is 0.311. The second kappa shape index (κ2) is 6.80. The molecular formula is C16H18BrFN4O. The molecular weight excluding hydrogens is 363 g/mol. The van der Waals surface area contributed by atoms with Crippen LogP contribution < -0.4 is 10.5 Å². The van der Waals surface area contributed by atoms with Crippen LogP contribution in [0.5, 0.6) is 0 Å². The monoisotopic (exact) mass is 380 g/mol. The van der Waals surface area contributed by atoms with E-state index in [-0.39, 0.29) is 11.4 Å². The van der Waals surface area contributed by atoms with Crippen molar-refractivity contribution in [3.8, 4) is 0 Å². The van der Waals surface area contributed by atoms with Crippen molar-refractivity contribution in [3.63, 3.8) is 0 Å². The Balaban J connectivity index is 1.89. The molecule has 0 unspecified atom stereocenters. The quantitative estimate of drug-likeness (QED) is 0.815. The van der Waals surface area contributed by atoms with Gasteiger partial charge in [0, 0.05) is 32.4 Å². The van der Waals surface area contributed by atoms with Crippen LogP contribution in [-0.4, -0.2) is 47.7 Å². The lowest BCUT2D eigenvalue weighted by atomic mass is 10.2. The Morgan fingerprint density at radius 2 is 1.83 bits per heavy atom. The normalized spacial score (nSPS) is 15.9. The van der Waals surface area contributed by atoms with Crippen LogP contribution in [0.2, 0.25) is 0 Å². The van der Waals surface area contributed by atoms with Gasteiger partial charge in [-0.05, 0) is 40.7 Å². The van der Waals surface area contributed by atoms with Crippen LogP contribution in [0.3, 0.4) is 0 Å². The molecule has 0 radical (unpaired) electrons. The number of likely N-dealkylation sites (N-methyl/N-ethyl adjacent to an activating group) is 1. The molecule has 0 spiro atoms. The van der Waals surface area contributed by atoms with Crippen LogP contribution in [0.1, 0.15) is 5.56 Å². The van der Waals surface area contributed by atoms with E-state index in [2.05, 4.69) is 32.9 Å². The molecule has 0 amide bonds. The molecule has 2 aromatic rings. The zero-order valence-electron chi connectivity index (χ0n) is 12.9. The van der Waals surface area contributed by atoms with Gasteiger partial charge in [0.2, 0.25) is 0 Å². The lowest BCUT2D eigenvalue weighted by Crippen LogP contribution is -2.47. The second-order valence-electron chi connectivity index (χ2n) is 5.74. The zero-order chi connectivity index (χ0) is 16.4. The molecule has 5 nitrogen and oxygen atoms in total. The predicted octanol–water partition coefficient (Wildman–Crippen LogP) is 1.94. The molecule has 0 N–H and O–H groups in total. The lowest BCUT2D eigenvalue weighted by Gasteiger charge is -2.32. The van der Waals surface area contributed by atoms with Gasteiger partial charge in [0.25, 0.3) is 5.56 Å². The Hall–Kier alpha value is -1.73. The van der Waals surface area contributed by atoms with Crippen LogP contribution >= 0.6 is 15.9 Å². The predicted molar refractivity (Wildman–Crippen MR) is 91.4 cm³/mol. The first-order chi connectivity index (χ1) is 11.0. The van der Waals surface area contributed by atoms with Gasteiger partial charge in [-0.15, -0.1) is 0 Å². The zero-order valence-corrected chi connectivity index (χ0v) is 14.5. The standard InChI is InChI=1S/C16H18BrFN4O/c1-20-6-8-21(9-7-20)15-16(23)22(11-14(17)19-15)10-12-2-4-13(18)5-3-12/h2-5,11H,6-10H2,1H3. The van der Waals surface area contributed by atoms with Crippen LogP contribution in [0, 0.1) is 5.82 Å². The summed E-state index contributed by atoms with van der Waals surface area (Å²) in [6.07, 6.45) is 1.67. The topological polar surface area (TPSA) is 41.4 Å². The summed E-state index contributed by atoms with van der Waals surface area (Å²) in [5, 5.41) is 0. The van der Waals surface area contributed by atoms with Crippen LogP contribution in [0.15, 0.2) is 39.9 Å². The Bertz CT molecular complexity index is 739. The minimum Gasteiger partial charge on any atom is -0.349 e. The van der Waals surface area contributed by atoms with Gasteiger partial charge in [0.15, 0.2) is 5.82 Å². The number of halogens is 2. The molecule has 0 aliphatic carbocycles. The van der Waals surface area contributed by atoms with Crippen molar-refractivity contribution in [2.45, 2.75) is 6.54 Å². The van der Waals surface area contributed by atoms with E-state index in [1.165, 1.54) is 12.1 Å². The third kappa shape index (κ3) is 3.79. The SMILES string of the molecule is CN1CCN(c2nc(Br)cn(Cc3ccc(F)cc3)c2=O)CC1. The summed E-state index contributed by atoms with van der Waals surface area (Å²) in [6.45, 7) is 3.77. The Labute approximate surface area is 142 Å². The molecule has 0 atom stereocenters. The second-order valence-corrected chi connectivity index (χ2v) is 6.55. The van der Waals surface area contributed by atoms with Crippen molar-refractivity contribution in [3.05, 3.63) is 56.8 Å². The van der Waals surface area contributed by atoms with E-state index in [1.54, 1.807) is 22.9 Å². The van der Waals surface area contributed by atoms with Crippen molar-refractivity contribution >= 4 is 21.7 Å². The summed E-state index contributed by atoms with van der Waals surface area (Å²) >= 11 is 3.38. The van der Waals surface area contributed by atoms with Crippen molar-refractivity contribution in [2.24, 2.45) is 0 Å². The van der Waals surface area contributed by atoms with Crippen LogP contribution in [0.4, 0.5) is 10.2 Å². The van der Waals surface area contributed by atoms with E-state index in [0.29, 0.717) is 17.0 Å². The van der Waals surface area contributed by atoms with Gasteiger partial charge in [-0.2, -0.15) is 0 Å². The first kappa shape index (κ1) is 16.1. The van der Waals surface area contributed by atoms with Gasteiger partial charge in [-0.25, -0.2) is 9.37 Å². The van der Waals surface area contributed by atoms with Crippen LogP contribution in [0.25, 0.3) is 0 Å². The van der Waals surface area contributed by atoms with E-state index in [0.717, 1.165) is 31.7 Å². The smallest absolute Gasteiger partial charge is 0.293 e. The highest BCUT2D eigenvalue weighted by Gasteiger charge is 2.19. The van der Waals surface area contributed by atoms with Crippen molar-refractivity contribution in [1.82, 2.24) is 14.5 Å². The fourth-order valence-electron chi connectivity index (χ4n) is 2.62. The molecule has 0 saturated carbocycles. The van der Waals surface area contributed by atoms with Gasteiger partial charge in [-0.1, -0.05) is 12.1 Å². The molecule has 1 aromatic heterocycles. The molecule has 1 aliphatic rings. The fourth-order valence-corrected chi connectivity index (χ4v) is 3.04. The number of hydrogen-bond donors (Lipinski definition) is 0. The number of aromatic nitrogens is 2. The molecule has 0 bridgehead atoms. The number of benzene rings is 1. The van der Waals surface area contributed by atoms with Gasteiger partial charge < -0.3 is 14.4 Å². The molecule has 1 saturated heterocycles. The van der Waals surface area contributed by atoms with Crippen molar-refractivity contribution in [1.29, 1.82) is 0 Å². The minimum absolute atomic E-state index is 0.123. The Morgan fingerprint density at radius 1 is 1.17 bits per heavy atom. The largest absolute Gasteiger partial charge is 0.349 e. The molecule has 122 valence electrons. The van der Waals surface area contributed by atoms with Gasteiger partial charge in [0.1, 0.15) is 10.4 Å². The molecule has 1 fully saturated rings. The maximum Gasteiger partial charge on any atom is 0.293 e. The highest BCUT2D eigenvalue weighted by atomic mass is 79.9. The van der Waals surface area contributed by atoms with Gasteiger partial charge >= 0.3 is 0 Å². The molecule has 1 aromatic carbocycles. The first-order valence-corrected chi connectivity index (χ1v) is 8.27. The van der Waals surface area contributed by atoms with E-state index in [1.807, 2.05) is 4.90 Å². The fraction of sp³-hybridized carbons (Fsp3) is 0.375. The van der Waals surface area contributed by atoms with Gasteiger partial charge in [0.05, 0.1) is 6.54 Å². The number of nitrogens with zero attached hydrogens (tertiary/aromatic N) is 4. The Kier molecular flexibility index (Phi) is 4.77. The van der Waals surface area contributed by atoms with E-state index < -0.39 is 0 Å². The summed E-state index contributed by atoms with van der Waals surface area (Å²) in [5.74, 6) is 0.185. The maximum absolute atomic E-state index is 13.0. The van der Waals surface area contributed by atoms with Gasteiger partial charge in [-0.3, -0.25) is 4.79 Å². The minimum atomic E-state index is -0.282. The van der Waals surface area contributed by atoms with E-state index in [4.69, 9.17) is 0 Å². The highest BCUT2D eigenvalue weighted by molar-refractivity contribution is 9.10. The number of piperazine rings is 1. The van der Waals surface area contributed by atoms with E-state index >= 15 is 0 Å².